The third kappa shape index (κ3) is 5.16. The summed E-state index contributed by atoms with van der Waals surface area (Å²) in [7, 11) is -1.85. The zero-order valence-corrected chi connectivity index (χ0v) is 13.0. The number of nitrogens with zero attached hydrogens (tertiary/aromatic N) is 2. The third-order valence-corrected chi connectivity index (χ3v) is 3.31. The fourth-order valence-corrected chi connectivity index (χ4v) is 2.08. The fraction of sp³-hybridized carbons (Fsp3) is 0.545. The van der Waals surface area contributed by atoms with E-state index in [0.29, 0.717) is 12.4 Å². The van der Waals surface area contributed by atoms with Crippen LogP contribution in [0.15, 0.2) is 6.20 Å². The first kappa shape index (κ1) is 17.1. The predicted molar refractivity (Wildman–Crippen MR) is 77.4 cm³/mol. The molecular weight excluding hydrogens is 298 g/mol. The van der Waals surface area contributed by atoms with Crippen LogP contribution < -0.4 is 15.4 Å². The van der Waals surface area contributed by atoms with Crippen LogP contribution in [0, 0.1) is 0 Å². The van der Waals surface area contributed by atoms with Crippen molar-refractivity contribution in [3.8, 4) is 0 Å². The molecule has 0 atom stereocenters. The van der Waals surface area contributed by atoms with Gasteiger partial charge >= 0.3 is 0 Å². The Balaban J connectivity index is 2.75. The lowest BCUT2D eigenvalue weighted by atomic mass is 10.3. The van der Waals surface area contributed by atoms with E-state index in [1.807, 2.05) is 6.92 Å². The second-order valence-electron chi connectivity index (χ2n) is 4.27. The monoisotopic (exact) mass is 317 g/mol. The lowest BCUT2D eigenvalue weighted by Gasteiger charge is -2.09. The van der Waals surface area contributed by atoms with Crippen molar-refractivity contribution < 1.29 is 18.0 Å². The van der Waals surface area contributed by atoms with Crippen LogP contribution >= 0.6 is 0 Å². The van der Waals surface area contributed by atoms with E-state index in [1.54, 1.807) is 0 Å². The molecule has 0 saturated carbocycles. The van der Waals surface area contributed by atoms with Gasteiger partial charge in [-0.05, 0) is 6.92 Å². The highest BCUT2D eigenvalue weighted by molar-refractivity contribution is 7.88. The van der Waals surface area contributed by atoms with Crippen LogP contribution in [0.2, 0.25) is 0 Å². The highest BCUT2D eigenvalue weighted by Crippen LogP contribution is 2.15. The van der Waals surface area contributed by atoms with Crippen molar-refractivity contribution in [2.24, 2.45) is 0 Å². The number of hydrogen-bond acceptors (Lipinski definition) is 5. The first-order valence-electron chi connectivity index (χ1n) is 6.30. The summed E-state index contributed by atoms with van der Waals surface area (Å²) >= 11 is 0. The Morgan fingerprint density at radius 3 is 2.57 bits per heavy atom. The van der Waals surface area contributed by atoms with Gasteiger partial charge in [-0.25, -0.2) is 17.8 Å². The molecule has 10 heteroatoms. The van der Waals surface area contributed by atoms with Crippen molar-refractivity contribution in [1.29, 1.82) is 0 Å². The average Bonchev–Trinajstić information content (AvgIpc) is 2.79. The molecule has 0 aliphatic rings. The SMILES string of the molecule is CCn1ncc(C(=O)NC)c1NC(=O)CCNS(C)(=O)=O. The zero-order valence-electron chi connectivity index (χ0n) is 12.1. The number of carbonyl (C=O) groups excluding carboxylic acids is 2. The van der Waals surface area contributed by atoms with E-state index in [1.165, 1.54) is 17.9 Å². The molecule has 118 valence electrons. The molecule has 3 N–H and O–H groups in total. The lowest BCUT2D eigenvalue weighted by Crippen LogP contribution is -2.28. The predicted octanol–water partition coefficient (Wildman–Crippen LogP) is -0.860. The summed E-state index contributed by atoms with van der Waals surface area (Å²) < 4.78 is 25.5. The Labute approximate surface area is 123 Å². The van der Waals surface area contributed by atoms with Gasteiger partial charge in [0.15, 0.2) is 0 Å². The Kier molecular flexibility index (Phi) is 5.85. The van der Waals surface area contributed by atoms with Gasteiger partial charge in [0.1, 0.15) is 11.4 Å². The topological polar surface area (TPSA) is 122 Å². The lowest BCUT2D eigenvalue weighted by molar-refractivity contribution is -0.116. The van der Waals surface area contributed by atoms with Gasteiger partial charge in [0.05, 0.1) is 12.5 Å². The summed E-state index contributed by atoms with van der Waals surface area (Å²) in [4.78, 5) is 23.5. The Bertz CT molecular complexity index is 623. The van der Waals surface area contributed by atoms with Gasteiger partial charge in [-0.2, -0.15) is 5.10 Å². The number of carbonyl (C=O) groups is 2. The zero-order chi connectivity index (χ0) is 16.0. The van der Waals surface area contributed by atoms with E-state index in [9.17, 15) is 18.0 Å². The fourth-order valence-electron chi connectivity index (χ4n) is 1.60. The molecule has 1 aromatic heterocycles. The Morgan fingerprint density at radius 2 is 2.05 bits per heavy atom. The summed E-state index contributed by atoms with van der Waals surface area (Å²) in [6.45, 7) is 2.29. The number of hydrogen-bond donors (Lipinski definition) is 3. The highest BCUT2D eigenvalue weighted by atomic mass is 32.2. The maximum Gasteiger partial charge on any atom is 0.256 e. The quantitative estimate of drug-likeness (QED) is 0.604. The first-order chi connectivity index (χ1) is 9.78. The van der Waals surface area contributed by atoms with Gasteiger partial charge in [-0.15, -0.1) is 0 Å². The molecule has 0 aromatic carbocycles. The number of aryl methyl sites for hydroxylation is 1. The molecule has 0 spiro atoms. The van der Waals surface area contributed by atoms with Crippen molar-refractivity contribution in [1.82, 2.24) is 19.8 Å². The minimum Gasteiger partial charge on any atom is -0.355 e. The van der Waals surface area contributed by atoms with Crippen LogP contribution in [0.25, 0.3) is 0 Å². The molecule has 1 heterocycles. The number of rotatable bonds is 7. The summed E-state index contributed by atoms with van der Waals surface area (Å²) in [5.41, 5.74) is 0.253. The number of aromatic nitrogens is 2. The summed E-state index contributed by atoms with van der Waals surface area (Å²) in [6.07, 6.45) is 2.34. The van der Waals surface area contributed by atoms with E-state index in [4.69, 9.17) is 0 Å². The van der Waals surface area contributed by atoms with E-state index in [-0.39, 0.29) is 24.4 Å². The van der Waals surface area contributed by atoms with Gasteiger partial charge in [0.25, 0.3) is 5.91 Å². The first-order valence-corrected chi connectivity index (χ1v) is 8.20. The maximum absolute atomic E-state index is 11.8. The minimum absolute atomic E-state index is 0.0137. The van der Waals surface area contributed by atoms with Crippen LogP contribution in [0.5, 0.6) is 0 Å². The van der Waals surface area contributed by atoms with Crippen molar-refractivity contribution in [2.75, 3.05) is 25.2 Å². The van der Waals surface area contributed by atoms with Gasteiger partial charge in [0, 0.05) is 26.6 Å². The van der Waals surface area contributed by atoms with E-state index in [2.05, 4.69) is 20.5 Å². The standard InChI is InChI=1S/C11H19N5O4S/c1-4-16-10(8(7-13-16)11(18)12-2)15-9(17)5-6-14-21(3,19)20/h7,14H,4-6H2,1-3H3,(H,12,18)(H,15,17). The Morgan fingerprint density at radius 1 is 1.38 bits per heavy atom. The molecule has 0 aliphatic heterocycles. The van der Waals surface area contributed by atoms with Crippen molar-refractivity contribution in [2.45, 2.75) is 19.9 Å². The van der Waals surface area contributed by atoms with Gasteiger partial charge in [0.2, 0.25) is 15.9 Å². The number of amides is 2. The molecule has 0 bridgehead atoms. The van der Waals surface area contributed by atoms with Crippen LogP contribution in [-0.2, 0) is 21.4 Å². The van der Waals surface area contributed by atoms with Crippen LogP contribution in [0.4, 0.5) is 5.82 Å². The number of nitrogens with one attached hydrogen (secondary N) is 3. The molecule has 0 fully saturated rings. The third-order valence-electron chi connectivity index (χ3n) is 2.58. The summed E-state index contributed by atoms with van der Waals surface area (Å²) in [5, 5.41) is 9.04. The van der Waals surface area contributed by atoms with Crippen LogP contribution in [0.1, 0.15) is 23.7 Å². The van der Waals surface area contributed by atoms with Crippen LogP contribution in [-0.4, -0.2) is 49.9 Å². The molecule has 0 unspecified atom stereocenters. The smallest absolute Gasteiger partial charge is 0.256 e. The minimum atomic E-state index is -3.33. The maximum atomic E-state index is 11.8. The van der Waals surface area contributed by atoms with Crippen LogP contribution in [0.3, 0.4) is 0 Å². The van der Waals surface area contributed by atoms with E-state index < -0.39 is 15.9 Å². The average molecular weight is 317 g/mol. The van der Waals surface area contributed by atoms with Crippen molar-refractivity contribution >= 4 is 27.7 Å². The van der Waals surface area contributed by atoms with E-state index >= 15 is 0 Å². The molecule has 0 aliphatic carbocycles. The normalized spacial score (nSPS) is 11.2. The van der Waals surface area contributed by atoms with Gasteiger partial charge in [-0.3, -0.25) is 9.59 Å². The Hall–Kier alpha value is -1.94. The molecule has 1 rings (SSSR count). The largest absolute Gasteiger partial charge is 0.355 e. The molecular formula is C11H19N5O4S. The van der Waals surface area contributed by atoms with Crippen molar-refractivity contribution in [3.63, 3.8) is 0 Å². The molecule has 21 heavy (non-hydrogen) atoms. The number of sulfonamides is 1. The number of anilines is 1. The second-order valence-corrected chi connectivity index (χ2v) is 6.10. The highest BCUT2D eigenvalue weighted by Gasteiger charge is 2.18. The van der Waals surface area contributed by atoms with E-state index in [0.717, 1.165) is 6.26 Å². The molecule has 9 nitrogen and oxygen atoms in total. The molecule has 1 aromatic rings. The molecule has 0 saturated heterocycles. The summed E-state index contributed by atoms with van der Waals surface area (Å²) in [5.74, 6) is -0.480. The summed E-state index contributed by atoms with van der Waals surface area (Å²) in [6, 6.07) is 0. The second kappa shape index (κ2) is 7.18. The molecule has 0 radical (unpaired) electrons. The van der Waals surface area contributed by atoms with Gasteiger partial charge in [-0.1, -0.05) is 0 Å². The van der Waals surface area contributed by atoms with Gasteiger partial charge < -0.3 is 10.6 Å². The molecule has 2 amide bonds. The van der Waals surface area contributed by atoms with Crippen molar-refractivity contribution in [3.05, 3.63) is 11.8 Å².